The molecule has 2 rings (SSSR count). The zero-order chi connectivity index (χ0) is 14.2. The van der Waals surface area contributed by atoms with Crippen molar-refractivity contribution in [1.29, 1.82) is 0 Å². The minimum absolute atomic E-state index is 0.429. The molecule has 2 nitrogen and oxygen atoms in total. The zero-order valence-electron chi connectivity index (χ0n) is 13.0. The molecule has 0 aromatic heterocycles. The maximum absolute atomic E-state index is 5.90. The Bertz CT molecular complexity index is 368. The first kappa shape index (κ1) is 15.5. The maximum Gasteiger partial charge on any atom is 0.0593 e. The Morgan fingerprint density at radius 2 is 2.00 bits per heavy atom. The summed E-state index contributed by atoms with van der Waals surface area (Å²) in [5.74, 6) is 0. The summed E-state index contributed by atoms with van der Waals surface area (Å²) in [6.07, 6.45) is 7.69. The highest BCUT2D eigenvalue weighted by Crippen LogP contribution is 2.25. The van der Waals surface area contributed by atoms with Gasteiger partial charge in [0.05, 0.1) is 6.10 Å². The highest BCUT2D eigenvalue weighted by atomic mass is 16.5. The normalized spacial score (nSPS) is 20.8. The third-order valence-corrected chi connectivity index (χ3v) is 4.14. The largest absolute Gasteiger partial charge is 0.378 e. The zero-order valence-corrected chi connectivity index (χ0v) is 13.0. The van der Waals surface area contributed by atoms with E-state index < -0.39 is 0 Å². The van der Waals surface area contributed by atoms with Crippen LogP contribution < -0.4 is 5.32 Å². The van der Waals surface area contributed by atoms with E-state index in [2.05, 4.69) is 43.4 Å². The number of benzene rings is 1. The molecule has 1 saturated heterocycles. The van der Waals surface area contributed by atoms with Gasteiger partial charge in [0.2, 0.25) is 0 Å². The van der Waals surface area contributed by atoms with Crippen LogP contribution in [0.5, 0.6) is 0 Å². The van der Waals surface area contributed by atoms with E-state index in [0.717, 1.165) is 19.6 Å². The fraction of sp³-hybridized carbons (Fsp3) is 0.667. The molecule has 0 bridgehead atoms. The second-order valence-electron chi connectivity index (χ2n) is 5.83. The van der Waals surface area contributed by atoms with Crippen molar-refractivity contribution in [3.8, 4) is 0 Å². The highest BCUT2D eigenvalue weighted by Gasteiger charge is 2.20. The van der Waals surface area contributed by atoms with Gasteiger partial charge in [0.1, 0.15) is 0 Å². The third-order valence-electron chi connectivity index (χ3n) is 4.14. The van der Waals surface area contributed by atoms with Crippen molar-refractivity contribution in [2.75, 3.05) is 13.2 Å². The maximum atomic E-state index is 5.90. The molecule has 0 spiro atoms. The van der Waals surface area contributed by atoms with E-state index in [4.69, 9.17) is 4.74 Å². The molecule has 2 unspecified atom stereocenters. The van der Waals surface area contributed by atoms with Gasteiger partial charge in [-0.15, -0.1) is 0 Å². The van der Waals surface area contributed by atoms with Gasteiger partial charge in [0.25, 0.3) is 0 Å². The Kier molecular flexibility index (Phi) is 6.55. The summed E-state index contributed by atoms with van der Waals surface area (Å²) >= 11 is 0. The van der Waals surface area contributed by atoms with Gasteiger partial charge in [-0.25, -0.2) is 0 Å². The van der Waals surface area contributed by atoms with Crippen LogP contribution >= 0.6 is 0 Å². The minimum atomic E-state index is 0.429. The summed E-state index contributed by atoms with van der Waals surface area (Å²) in [4.78, 5) is 0. The van der Waals surface area contributed by atoms with Crippen molar-refractivity contribution in [1.82, 2.24) is 5.32 Å². The Morgan fingerprint density at radius 3 is 2.60 bits per heavy atom. The molecule has 1 aromatic carbocycles. The lowest BCUT2D eigenvalue weighted by atomic mass is 9.95. The average molecular weight is 275 g/mol. The van der Waals surface area contributed by atoms with Crippen LogP contribution in [0.2, 0.25) is 0 Å². The Morgan fingerprint density at radius 1 is 1.20 bits per heavy atom. The molecule has 1 aliphatic heterocycles. The number of aryl methyl sites for hydroxylation is 1. The predicted octanol–water partition coefficient (Wildman–Crippen LogP) is 4.25. The molecule has 1 N–H and O–H groups in total. The summed E-state index contributed by atoms with van der Waals surface area (Å²) in [5, 5.41) is 3.62. The van der Waals surface area contributed by atoms with E-state index in [1.165, 1.54) is 43.2 Å². The summed E-state index contributed by atoms with van der Waals surface area (Å²) in [7, 11) is 0. The van der Waals surface area contributed by atoms with Gasteiger partial charge >= 0.3 is 0 Å². The number of hydrogen-bond acceptors (Lipinski definition) is 2. The second kappa shape index (κ2) is 8.43. The van der Waals surface area contributed by atoms with E-state index in [1.54, 1.807) is 0 Å². The molecular weight excluding hydrogens is 246 g/mol. The van der Waals surface area contributed by atoms with Crippen LogP contribution in [-0.2, 0) is 11.2 Å². The lowest BCUT2D eigenvalue weighted by Crippen LogP contribution is -2.28. The molecule has 1 aliphatic rings. The quantitative estimate of drug-likeness (QED) is 0.803. The molecule has 1 heterocycles. The Labute approximate surface area is 123 Å². The summed E-state index contributed by atoms with van der Waals surface area (Å²) in [5.41, 5.74) is 2.85. The van der Waals surface area contributed by atoms with Gasteiger partial charge in [-0.1, -0.05) is 44.5 Å². The van der Waals surface area contributed by atoms with Crippen LogP contribution in [-0.4, -0.2) is 19.3 Å². The molecule has 2 heteroatoms. The topological polar surface area (TPSA) is 21.3 Å². The van der Waals surface area contributed by atoms with E-state index in [9.17, 15) is 0 Å². The molecule has 0 saturated carbocycles. The second-order valence-corrected chi connectivity index (χ2v) is 5.83. The van der Waals surface area contributed by atoms with Crippen LogP contribution in [0.3, 0.4) is 0 Å². The molecule has 112 valence electrons. The smallest absolute Gasteiger partial charge is 0.0593 e. The molecule has 1 fully saturated rings. The fourth-order valence-corrected chi connectivity index (χ4v) is 3.05. The van der Waals surface area contributed by atoms with E-state index >= 15 is 0 Å². The molecule has 2 atom stereocenters. The van der Waals surface area contributed by atoms with Gasteiger partial charge in [0.15, 0.2) is 0 Å². The van der Waals surface area contributed by atoms with Crippen molar-refractivity contribution in [2.24, 2.45) is 0 Å². The van der Waals surface area contributed by atoms with Gasteiger partial charge in [-0.2, -0.15) is 0 Å². The number of nitrogens with one attached hydrogen (secondary N) is 1. The number of hydrogen-bond donors (Lipinski definition) is 1. The number of ether oxygens (including phenoxy) is 1. The van der Waals surface area contributed by atoms with Gasteiger partial charge in [-0.3, -0.25) is 0 Å². The molecular formula is C18H29NO. The van der Waals surface area contributed by atoms with E-state index in [0.29, 0.717) is 12.1 Å². The Balaban J connectivity index is 1.98. The van der Waals surface area contributed by atoms with Crippen LogP contribution in [0, 0.1) is 0 Å². The van der Waals surface area contributed by atoms with E-state index in [1.807, 2.05) is 0 Å². The predicted molar refractivity (Wildman–Crippen MR) is 85.1 cm³/mol. The summed E-state index contributed by atoms with van der Waals surface area (Å²) in [6, 6.07) is 9.58. The van der Waals surface area contributed by atoms with Gasteiger partial charge < -0.3 is 10.1 Å². The van der Waals surface area contributed by atoms with Gasteiger partial charge in [-0.05, 0) is 49.8 Å². The van der Waals surface area contributed by atoms with Crippen LogP contribution in [0.1, 0.15) is 63.1 Å². The standard InChI is InChI=1S/C18H29NO/c1-3-7-15-9-11-16(12-10-15)18(19-4-2)14-17-8-5-6-13-20-17/h9-12,17-19H,3-8,13-14H2,1-2H3. The monoisotopic (exact) mass is 275 g/mol. The van der Waals surface area contributed by atoms with Crippen LogP contribution in [0.4, 0.5) is 0 Å². The molecule has 20 heavy (non-hydrogen) atoms. The van der Waals surface area contributed by atoms with Gasteiger partial charge in [0, 0.05) is 12.6 Å². The van der Waals surface area contributed by atoms with Crippen molar-refractivity contribution in [3.05, 3.63) is 35.4 Å². The molecule has 0 amide bonds. The SMILES string of the molecule is CCCc1ccc(C(CC2CCCCO2)NCC)cc1. The van der Waals surface area contributed by atoms with Crippen LogP contribution in [0.25, 0.3) is 0 Å². The van der Waals surface area contributed by atoms with Crippen molar-refractivity contribution in [2.45, 2.75) is 64.5 Å². The van der Waals surface area contributed by atoms with Crippen molar-refractivity contribution >= 4 is 0 Å². The minimum Gasteiger partial charge on any atom is -0.378 e. The van der Waals surface area contributed by atoms with Crippen molar-refractivity contribution in [3.63, 3.8) is 0 Å². The third kappa shape index (κ3) is 4.60. The first-order valence-corrected chi connectivity index (χ1v) is 8.27. The Hall–Kier alpha value is -0.860. The summed E-state index contributed by atoms with van der Waals surface area (Å²) in [6.45, 7) is 6.36. The number of rotatable bonds is 7. The first-order valence-electron chi connectivity index (χ1n) is 8.27. The molecule has 1 aromatic rings. The lowest BCUT2D eigenvalue weighted by Gasteiger charge is -2.27. The van der Waals surface area contributed by atoms with Crippen molar-refractivity contribution < 1.29 is 4.74 Å². The first-order chi connectivity index (χ1) is 9.83. The molecule has 0 aliphatic carbocycles. The average Bonchev–Trinajstić information content (AvgIpc) is 2.49. The summed E-state index contributed by atoms with van der Waals surface area (Å²) < 4.78 is 5.90. The van der Waals surface area contributed by atoms with E-state index in [-0.39, 0.29) is 0 Å². The highest BCUT2D eigenvalue weighted by molar-refractivity contribution is 5.25. The van der Waals surface area contributed by atoms with Crippen LogP contribution in [0.15, 0.2) is 24.3 Å². The molecule has 0 radical (unpaired) electrons. The fourth-order valence-electron chi connectivity index (χ4n) is 3.05. The lowest BCUT2D eigenvalue weighted by molar-refractivity contribution is 0.00514.